The van der Waals surface area contributed by atoms with E-state index in [0.717, 1.165) is 27.1 Å². The molecule has 0 aliphatic heterocycles. The zero-order chi connectivity index (χ0) is 22.3. The van der Waals surface area contributed by atoms with Gasteiger partial charge in [0.25, 0.3) is 11.5 Å². The Kier molecular flexibility index (Phi) is 5.36. The van der Waals surface area contributed by atoms with Crippen molar-refractivity contribution in [3.63, 3.8) is 0 Å². The molecule has 1 aromatic carbocycles. The Morgan fingerprint density at radius 2 is 1.97 bits per heavy atom. The molecular formula is C20H14ClF3N4O2S. The van der Waals surface area contributed by atoms with Gasteiger partial charge in [0, 0.05) is 16.6 Å². The third-order valence-corrected chi connectivity index (χ3v) is 5.95. The summed E-state index contributed by atoms with van der Waals surface area (Å²) >= 11 is 7.05. The topological polar surface area (TPSA) is 79.8 Å². The number of hydrogen-bond acceptors (Lipinski definition) is 4. The zero-order valence-electron chi connectivity index (χ0n) is 15.9. The Morgan fingerprint density at radius 3 is 2.65 bits per heavy atom. The lowest BCUT2D eigenvalue weighted by Crippen LogP contribution is -2.21. The van der Waals surface area contributed by atoms with Crippen LogP contribution < -0.4 is 10.9 Å². The number of amides is 1. The SMILES string of the molecule is Cc1nn(Cc2ccc(Cl)cc2)c2sc(C(=O)Nc3cc(C(F)(F)F)c[nH]c3=O)cc12. The first-order valence-corrected chi connectivity index (χ1v) is 10.1. The first kappa shape index (κ1) is 21.1. The van der Waals surface area contributed by atoms with Crippen LogP contribution in [-0.2, 0) is 12.7 Å². The Labute approximate surface area is 182 Å². The first-order chi connectivity index (χ1) is 14.6. The number of benzene rings is 1. The fourth-order valence-electron chi connectivity index (χ4n) is 3.02. The van der Waals surface area contributed by atoms with E-state index in [9.17, 15) is 22.8 Å². The van der Waals surface area contributed by atoms with Crippen LogP contribution >= 0.6 is 22.9 Å². The molecule has 0 bridgehead atoms. The van der Waals surface area contributed by atoms with Crippen LogP contribution in [0, 0.1) is 6.92 Å². The van der Waals surface area contributed by atoms with E-state index < -0.39 is 28.9 Å². The van der Waals surface area contributed by atoms with E-state index in [1.165, 1.54) is 0 Å². The van der Waals surface area contributed by atoms with Gasteiger partial charge in [0.2, 0.25) is 0 Å². The predicted octanol–water partition coefficient (Wildman–Crippen LogP) is 5.07. The van der Waals surface area contributed by atoms with Crippen LogP contribution in [0.1, 0.15) is 26.5 Å². The van der Waals surface area contributed by atoms with E-state index in [0.29, 0.717) is 29.5 Å². The number of nitrogens with zero attached hydrogens (tertiary/aromatic N) is 2. The number of hydrogen-bond donors (Lipinski definition) is 2. The van der Waals surface area contributed by atoms with Crippen molar-refractivity contribution in [1.82, 2.24) is 14.8 Å². The number of nitrogens with one attached hydrogen (secondary N) is 2. The zero-order valence-corrected chi connectivity index (χ0v) is 17.5. The summed E-state index contributed by atoms with van der Waals surface area (Å²) in [5, 5.41) is 8.12. The molecule has 0 unspecified atom stereocenters. The van der Waals surface area contributed by atoms with Crippen LogP contribution in [0.4, 0.5) is 18.9 Å². The molecule has 3 aromatic heterocycles. The summed E-state index contributed by atoms with van der Waals surface area (Å²) < 4.78 is 40.4. The Morgan fingerprint density at radius 1 is 1.26 bits per heavy atom. The van der Waals surface area contributed by atoms with Gasteiger partial charge in [-0.15, -0.1) is 11.3 Å². The average Bonchev–Trinajstić information content (AvgIpc) is 3.26. The number of fused-ring (bicyclic) bond motifs is 1. The van der Waals surface area contributed by atoms with Gasteiger partial charge in [-0.2, -0.15) is 18.3 Å². The molecule has 160 valence electrons. The number of aromatic amines is 1. The van der Waals surface area contributed by atoms with E-state index >= 15 is 0 Å². The molecule has 31 heavy (non-hydrogen) atoms. The third kappa shape index (κ3) is 4.35. The number of halogens is 4. The van der Waals surface area contributed by atoms with Crippen LogP contribution in [0.25, 0.3) is 10.2 Å². The summed E-state index contributed by atoms with van der Waals surface area (Å²) in [5.74, 6) is -0.677. The van der Waals surface area contributed by atoms with Gasteiger partial charge in [0.05, 0.1) is 22.7 Å². The second-order valence-corrected chi connectivity index (χ2v) is 8.25. The van der Waals surface area contributed by atoms with Crippen LogP contribution in [0.3, 0.4) is 0 Å². The van der Waals surface area contributed by atoms with Crippen LogP contribution in [0.2, 0.25) is 5.02 Å². The number of carbonyl (C=O) groups is 1. The summed E-state index contributed by atoms with van der Waals surface area (Å²) in [6, 6.07) is 9.49. The third-order valence-electron chi connectivity index (χ3n) is 4.56. The van der Waals surface area contributed by atoms with Crippen molar-refractivity contribution in [2.24, 2.45) is 0 Å². The lowest BCUT2D eigenvalue weighted by Gasteiger charge is -2.08. The summed E-state index contributed by atoms with van der Waals surface area (Å²) in [4.78, 5) is 27.5. The average molecular weight is 467 g/mol. The van der Waals surface area contributed by atoms with E-state index in [-0.39, 0.29) is 4.88 Å². The number of H-pyrrole nitrogens is 1. The highest BCUT2D eigenvalue weighted by atomic mass is 35.5. The normalized spacial score (nSPS) is 11.8. The van der Waals surface area contributed by atoms with Crippen LogP contribution in [-0.4, -0.2) is 20.7 Å². The van der Waals surface area contributed by atoms with Gasteiger partial charge >= 0.3 is 6.18 Å². The summed E-state index contributed by atoms with van der Waals surface area (Å²) in [6.07, 6.45) is -4.09. The van der Waals surface area contributed by atoms with Gasteiger partial charge in [-0.1, -0.05) is 23.7 Å². The van der Waals surface area contributed by atoms with Crippen molar-refractivity contribution in [2.75, 3.05) is 5.32 Å². The number of thiophene rings is 1. The number of alkyl halides is 3. The van der Waals surface area contributed by atoms with E-state index in [1.54, 1.807) is 29.8 Å². The molecule has 0 atom stereocenters. The smallest absolute Gasteiger partial charge is 0.327 e. The van der Waals surface area contributed by atoms with Crippen molar-refractivity contribution < 1.29 is 18.0 Å². The summed E-state index contributed by atoms with van der Waals surface area (Å²) in [6.45, 7) is 2.25. The van der Waals surface area contributed by atoms with Gasteiger partial charge in [0.15, 0.2) is 0 Å². The highest BCUT2D eigenvalue weighted by Crippen LogP contribution is 2.31. The molecule has 0 saturated carbocycles. The summed E-state index contributed by atoms with van der Waals surface area (Å²) in [7, 11) is 0. The Hall–Kier alpha value is -3.11. The van der Waals surface area contributed by atoms with Crippen molar-refractivity contribution in [1.29, 1.82) is 0 Å². The number of rotatable bonds is 4. The minimum absolute atomic E-state index is 0.247. The minimum Gasteiger partial charge on any atom is -0.327 e. The maximum Gasteiger partial charge on any atom is 0.417 e. The van der Waals surface area contributed by atoms with E-state index in [2.05, 4.69) is 10.4 Å². The predicted molar refractivity (Wildman–Crippen MR) is 113 cm³/mol. The van der Waals surface area contributed by atoms with Gasteiger partial charge in [-0.05, 0) is 36.8 Å². The quantitative estimate of drug-likeness (QED) is 0.441. The number of pyridine rings is 1. The lowest BCUT2D eigenvalue weighted by molar-refractivity contribution is -0.137. The molecule has 4 aromatic rings. The number of aryl methyl sites for hydroxylation is 1. The van der Waals surface area contributed by atoms with Crippen molar-refractivity contribution in [3.05, 3.63) is 79.7 Å². The Bertz CT molecular complexity index is 1340. The highest BCUT2D eigenvalue weighted by Gasteiger charge is 2.31. The molecule has 11 heteroatoms. The largest absolute Gasteiger partial charge is 0.417 e. The molecule has 4 rings (SSSR count). The van der Waals surface area contributed by atoms with Gasteiger partial charge in [0.1, 0.15) is 10.5 Å². The van der Waals surface area contributed by atoms with Crippen LogP contribution in [0.15, 0.2) is 47.4 Å². The molecule has 0 fully saturated rings. The molecule has 2 N–H and O–H groups in total. The maximum atomic E-state index is 12.9. The molecule has 0 radical (unpaired) electrons. The fourth-order valence-corrected chi connectivity index (χ4v) is 4.20. The van der Waals surface area contributed by atoms with Crippen molar-refractivity contribution in [3.8, 4) is 0 Å². The number of anilines is 1. The Balaban J connectivity index is 1.62. The van der Waals surface area contributed by atoms with Gasteiger partial charge in [-0.3, -0.25) is 14.3 Å². The van der Waals surface area contributed by atoms with Crippen LogP contribution in [0.5, 0.6) is 0 Å². The molecule has 0 aliphatic carbocycles. The van der Waals surface area contributed by atoms with E-state index in [4.69, 9.17) is 11.6 Å². The molecule has 0 saturated heterocycles. The molecule has 1 amide bonds. The fraction of sp³-hybridized carbons (Fsp3) is 0.150. The highest BCUT2D eigenvalue weighted by molar-refractivity contribution is 7.20. The van der Waals surface area contributed by atoms with E-state index in [1.807, 2.05) is 17.1 Å². The minimum atomic E-state index is -4.65. The molecule has 0 spiro atoms. The molecule has 3 heterocycles. The standard InChI is InChI=1S/C20H14ClF3N4O2S/c1-10-14-7-16(18(30)26-15-6-12(20(22,23)24)8-25-17(15)29)31-19(14)28(27-10)9-11-2-4-13(21)5-3-11/h2-8H,9H2,1H3,(H,25,29)(H,26,30). The monoisotopic (exact) mass is 466 g/mol. The molecule has 6 nitrogen and oxygen atoms in total. The van der Waals surface area contributed by atoms with Crippen molar-refractivity contribution >= 4 is 44.7 Å². The van der Waals surface area contributed by atoms with Gasteiger partial charge < -0.3 is 10.3 Å². The first-order valence-electron chi connectivity index (χ1n) is 8.94. The second kappa shape index (κ2) is 7.86. The lowest BCUT2D eigenvalue weighted by atomic mass is 10.2. The summed E-state index contributed by atoms with van der Waals surface area (Å²) in [5.41, 5.74) is -0.697. The maximum absolute atomic E-state index is 12.9. The van der Waals surface area contributed by atoms with Crippen molar-refractivity contribution in [2.45, 2.75) is 19.6 Å². The molecular weight excluding hydrogens is 453 g/mol. The second-order valence-electron chi connectivity index (χ2n) is 6.78. The molecule has 0 aliphatic rings. The van der Waals surface area contributed by atoms with Gasteiger partial charge in [-0.25, -0.2) is 0 Å². The number of carbonyl (C=O) groups excluding carboxylic acids is 1. The number of aromatic nitrogens is 3.